The van der Waals surface area contributed by atoms with Crippen LogP contribution in [0.2, 0.25) is 0 Å². The number of rotatable bonds is 7. The van der Waals surface area contributed by atoms with E-state index in [9.17, 15) is 4.79 Å². The van der Waals surface area contributed by atoms with Crippen molar-refractivity contribution in [1.82, 2.24) is 14.9 Å². The van der Waals surface area contributed by atoms with Crippen LogP contribution in [0.25, 0.3) is 11.0 Å². The zero-order valence-corrected chi connectivity index (χ0v) is 15.9. The van der Waals surface area contributed by atoms with Gasteiger partial charge in [0.1, 0.15) is 5.82 Å². The van der Waals surface area contributed by atoms with Gasteiger partial charge in [-0.2, -0.15) is 0 Å². The topological polar surface area (TPSA) is 46.9 Å². The lowest BCUT2D eigenvalue weighted by Crippen LogP contribution is -2.26. The van der Waals surface area contributed by atoms with E-state index in [0.29, 0.717) is 13.0 Å². The van der Waals surface area contributed by atoms with E-state index in [0.717, 1.165) is 40.7 Å². The number of para-hydroxylation sites is 2. The van der Waals surface area contributed by atoms with Gasteiger partial charge in [0, 0.05) is 30.4 Å². The van der Waals surface area contributed by atoms with E-state index >= 15 is 0 Å². The van der Waals surface area contributed by atoms with E-state index < -0.39 is 0 Å². The Morgan fingerprint density at radius 3 is 2.84 bits per heavy atom. The molecule has 0 radical (unpaired) electrons. The Hall–Kier alpha value is -2.14. The summed E-state index contributed by atoms with van der Waals surface area (Å²) in [5.41, 5.74) is 3.33. The summed E-state index contributed by atoms with van der Waals surface area (Å²) in [5.74, 6) is 1.11. The highest BCUT2D eigenvalue weighted by Gasteiger charge is 2.11. The van der Waals surface area contributed by atoms with Crippen molar-refractivity contribution in [2.45, 2.75) is 32.7 Å². The average molecular weight is 400 g/mol. The predicted molar refractivity (Wildman–Crippen MR) is 105 cm³/mol. The number of amides is 1. The molecule has 0 saturated carbocycles. The summed E-state index contributed by atoms with van der Waals surface area (Å²) in [6.45, 7) is 3.38. The van der Waals surface area contributed by atoms with Gasteiger partial charge in [0.2, 0.25) is 5.91 Å². The molecule has 0 spiro atoms. The molecule has 25 heavy (non-hydrogen) atoms. The van der Waals surface area contributed by atoms with Crippen LogP contribution in [0.15, 0.2) is 53.0 Å². The van der Waals surface area contributed by atoms with Crippen LogP contribution in [-0.4, -0.2) is 22.0 Å². The normalized spacial score (nSPS) is 11.0. The van der Waals surface area contributed by atoms with Crippen LogP contribution < -0.4 is 5.32 Å². The SMILES string of the molecule is CCCC(=O)NCCc1nc2ccccc2n1Cc1cccc(Br)c1. The first kappa shape index (κ1) is 17.7. The molecule has 0 atom stereocenters. The van der Waals surface area contributed by atoms with Crippen molar-refractivity contribution in [3.63, 3.8) is 0 Å². The quantitative estimate of drug-likeness (QED) is 0.643. The Balaban J connectivity index is 1.83. The molecule has 0 fully saturated rings. The Kier molecular flexibility index (Phi) is 5.87. The molecule has 1 amide bonds. The first-order chi connectivity index (χ1) is 12.2. The second-order valence-corrected chi connectivity index (χ2v) is 7.00. The van der Waals surface area contributed by atoms with Gasteiger partial charge in [-0.15, -0.1) is 0 Å². The predicted octanol–water partition coefficient (Wildman–Crippen LogP) is 4.31. The standard InChI is InChI=1S/C20H22BrN3O/c1-2-6-20(25)22-12-11-19-23-17-9-3-4-10-18(17)24(19)14-15-7-5-8-16(21)13-15/h3-5,7-10,13H,2,6,11-12,14H2,1H3,(H,22,25). The molecule has 1 aromatic heterocycles. The van der Waals surface area contributed by atoms with Gasteiger partial charge in [0.05, 0.1) is 11.0 Å². The Bertz CT molecular complexity index is 872. The van der Waals surface area contributed by atoms with Gasteiger partial charge < -0.3 is 9.88 Å². The lowest BCUT2D eigenvalue weighted by atomic mass is 10.2. The molecule has 2 aromatic carbocycles. The molecule has 0 aliphatic carbocycles. The van der Waals surface area contributed by atoms with Crippen molar-refractivity contribution < 1.29 is 4.79 Å². The number of hydrogen-bond donors (Lipinski definition) is 1. The van der Waals surface area contributed by atoms with E-state index in [1.54, 1.807) is 0 Å². The van der Waals surface area contributed by atoms with Crippen LogP contribution in [0.3, 0.4) is 0 Å². The number of carbonyl (C=O) groups is 1. The van der Waals surface area contributed by atoms with Gasteiger partial charge in [0.15, 0.2) is 0 Å². The van der Waals surface area contributed by atoms with Crippen molar-refractivity contribution in [2.75, 3.05) is 6.54 Å². The smallest absolute Gasteiger partial charge is 0.219 e. The first-order valence-corrected chi connectivity index (χ1v) is 9.42. The number of hydrogen-bond acceptors (Lipinski definition) is 2. The van der Waals surface area contributed by atoms with Gasteiger partial charge in [-0.1, -0.05) is 47.1 Å². The third kappa shape index (κ3) is 4.48. The fraction of sp³-hybridized carbons (Fsp3) is 0.300. The fourth-order valence-corrected chi connectivity index (χ4v) is 3.39. The molecule has 0 unspecified atom stereocenters. The lowest BCUT2D eigenvalue weighted by Gasteiger charge is -2.10. The summed E-state index contributed by atoms with van der Waals surface area (Å²) in [4.78, 5) is 16.4. The van der Waals surface area contributed by atoms with Crippen molar-refractivity contribution in [3.8, 4) is 0 Å². The minimum atomic E-state index is 0.108. The van der Waals surface area contributed by atoms with E-state index in [2.05, 4.69) is 44.0 Å². The highest BCUT2D eigenvalue weighted by molar-refractivity contribution is 9.10. The number of benzene rings is 2. The molecule has 0 saturated heterocycles. The van der Waals surface area contributed by atoms with E-state index in [1.165, 1.54) is 5.56 Å². The molecular weight excluding hydrogens is 378 g/mol. The number of fused-ring (bicyclic) bond motifs is 1. The van der Waals surface area contributed by atoms with Gasteiger partial charge in [0.25, 0.3) is 0 Å². The Morgan fingerprint density at radius 1 is 1.20 bits per heavy atom. The molecular formula is C20H22BrN3O. The van der Waals surface area contributed by atoms with Gasteiger partial charge >= 0.3 is 0 Å². The van der Waals surface area contributed by atoms with Gasteiger partial charge in [-0.05, 0) is 36.2 Å². The van der Waals surface area contributed by atoms with E-state index in [-0.39, 0.29) is 5.91 Å². The van der Waals surface area contributed by atoms with E-state index in [1.807, 2.05) is 37.3 Å². The van der Waals surface area contributed by atoms with Crippen LogP contribution in [0.5, 0.6) is 0 Å². The zero-order chi connectivity index (χ0) is 17.6. The molecule has 1 N–H and O–H groups in total. The highest BCUT2D eigenvalue weighted by atomic mass is 79.9. The monoisotopic (exact) mass is 399 g/mol. The second kappa shape index (κ2) is 8.30. The number of carbonyl (C=O) groups excluding carboxylic acids is 1. The highest BCUT2D eigenvalue weighted by Crippen LogP contribution is 2.20. The van der Waals surface area contributed by atoms with Crippen LogP contribution in [0.4, 0.5) is 0 Å². The number of nitrogens with one attached hydrogen (secondary N) is 1. The van der Waals surface area contributed by atoms with Crippen LogP contribution in [0, 0.1) is 0 Å². The van der Waals surface area contributed by atoms with E-state index in [4.69, 9.17) is 4.98 Å². The lowest BCUT2D eigenvalue weighted by molar-refractivity contribution is -0.121. The number of halogens is 1. The number of nitrogens with zero attached hydrogens (tertiary/aromatic N) is 2. The molecule has 1 heterocycles. The second-order valence-electron chi connectivity index (χ2n) is 6.08. The maximum atomic E-state index is 11.7. The van der Waals surface area contributed by atoms with Gasteiger partial charge in [-0.3, -0.25) is 4.79 Å². The summed E-state index contributed by atoms with van der Waals surface area (Å²) >= 11 is 3.53. The summed E-state index contributed by atoms with van der Waals surface area (Å²) in [7, 11) is 0. The molecule has 130 valence electrons. The van der Waals surface area contributed by atoms with Crippen LogP contribution >= 0.6 is 15.9 Å². The largest absolute Gasteiger partial charge is 0.356 e. The van der Waals surface area contributed by atoms with Crippen molar-refractivity contribution in [1.29, 1.82) is 0 Å². The van der Waals surface area contributed by atoms with Crippen LogP contribution in [-0.2, 0) is 17.8 Å². The summed E-state index contributed by atoms with van der Waals surface area (Å²) in [5, 5.41) is 2.98. The maximum absolute atomic E-state index is 11.7. The summed E-state index contributed by atoms with van der Waals surface area (Å²) < 4.78 is 3.31. The minimum Gasteiger partial charge on any atom is -0.356 e. The molecule has 5 heteroatoms. The Labute approximate surface area is 156 Å². The van der Waals surface area contributed by atoms with Gasteiger partial charge in [-0.25, -0.2) is 4.98 Å². The third-order valence-electron chi connectivity index (χ3n) is 4.11. The summed E-state index contributed by atoms with van der Waals surface area (Å²) in [6, 6.07) is 16.5. The molecule has 3 aromatic rings. The van der Waals surface area contributed by atoms with Crippen molar-refractivity contribution in [2.24, 2.45) is 0 Å². The zero-order valence-electron chi connectivity index (χ0n) is 14.3. The Morgan fingerprint density at radius 2 is 2.04 bits per heavy atom. The molecule has 0 aliphatic heterocycles. The molecule has 4 nitrogen and oxygen atoms in total. The minimum absolute atomic E-state index is 0.108. The fourth-order valence-electron chi connectivity index (χ4n) is 2.94. The van der Waals surface area contributed by atoms with Crippen LogP contribution in [0.1, 0.15) is 31.2 Å². The van der Waals surface area contributed by atoms with Crippen molar-refractivity contribution >= 4 is 32.9 Å². The first-order valence-electron chi connectivity index (χ1n) is 8.62. The molecule has 0 bridgehead atoms. The average Bonchev–Trinajstić information content (AvgIpc) is 2.93. The summed E-state index contributed by atoms with van der Waals surface area (Å²) in [6.07, 6.45) is 2.17. The molecule has 3 rings (SSSR count). The third-order valence-corrected chi connectivity index (χ3v) is 4.60. The number of imidazole rings is 1. The van der Waals surface area contributed by atoms with Crippen molar-refractivity contribution in [3.05, 3.63) is 64.4 Å². The number of aromatic nitrogens is 2. The maximum Gasteiger partial charge on any atom is 0.219 e. The molecule has 0 aliphatic rings.